The Hall–Kier alpha value is -1.10. The van der Waals surface area contributed by atoms with Crippen LogP contribution in [-0.2, 0) is 0 Å². The lowest BCUT2D eigenvalue weighted by Gasteiger charge is -2.26. The van der Waals surface area contributed by atoms with E-state index >= 15 is 0 Å². The number of hydrogen-bond acceptors (Lipinski definition) is 5. The summed E-state index contributed by atoms with van der Waals surface area (Å²) in [6, 6.07) is -0.0380. The molecule has 0 aromatic heterocycles. The summed E-state index contributed by atoms with van der Waals surface area (Å²) in [6.07, 6.45) is 2.61. The molecule has 6 heteroatoms. The molecule has 0 aromatic carbocycles. The van der Waals surface area contributed by atoms with Crippen LogP contribution in [0.15, 0.2) is 15.0 Å². The van der Waals surface area contributed by atoms with Gasteiger partial charge in [0.15, 0.2) is 6.17 Å². The highest BCUT2D eigenvalue weighted by Crippen LogP contribution is 2.21. The van der Waals surface area contributed by atoms with Crippen molar-refractivity contribution in [2.24, 2.45) is 20.7 Å². The Balaban J connectivity index is 2.20. The van der Waals surface area contributed by atoms with Crippen LogP contribution < -0.4 is 5.73 Å². The van der Waals surface area contributed by atoms with Crippen LogP contribution in [0.3, 0.4) is 0 Å². The maximum atomic E-state index is 6.01. The van der Waals surface area contributed by atoms with Crippen LogP contribution in [-0.4, -0.2) is 41.1 Å². The Morgan fingerprint density at radius 2 is 2.43 bits per heavy atom. The molecule has 0 radical (unpaired) electrons. The molecule has 14 heavy (non-hydrogen) atoms. The first-order chi connectivity index (χ1) is 6.72. The van der Waals surface area contributed by atoms with Crippen molar-refractivity contribution < 1.29 is 0 Å². The van der Waals surface area contributed by atoms with Gasteiger partial charge in [0.2, 0.25) is 5.96 Å². The van der Waals surface area contributed by atoms with Gasteiger partial charge in [0.05, 0.1) is 6.34 Å². The number of nitrogens with zero attached hydrogens (tertiary/aromatic N) is 4. The lowest BCUT2D eigenvalue weighted by atomic mass is 10.2. The van der Waals surface area contributed by atoms with Gasteiger partial charge in [-0.2, -0.15) is 0 Å². The maximum absolute atomic E-state index is 6.01. The maximum Gasteiger partial charge on any atom is 0.218 e. The number of hydrogen-bond donors (Lipinski definition) is 1. The van der Waals surface area contributed by atoms with Crippen molar-refractivity contribution in [2.45, 2.75) is 25.6 Å². The number of rotatable bonds is 2. The smallest absolute Gasteiger partial charge is 0.218 e. The minimum Gasteiger partial charge on any atom is -0.368 e. The van der Waals surface area contributed by atoms with E-state index in [1.165, 1.54) is 0 Å². The van der Waals surface area contributed by atoms with E-state index in [2.05, 4.69) is 21.9 Å². The topological polar surface area (TPSA) is 66.3 Å². The molecule has 2 aliphatic rings. The molecule has 2 rings (SSSR count). The first-order valence-electron chi connectivity index (χ1n) is 4.58. The van der Waals surface area contributed by atoms with Crippen molar-refractivity contribution in [1.29, 1.82) is 0 Å². The Morgan fingerprint density at radius 3 is 3.14 bits per heavy atom. The lowest BCUT2D eigenvalue weighted by molar-refractivity contribution is 0.381. The van der Waals surface area contributed by atoms with E-state index in [0.717, 1.165) is 13.0 Å². The van der Waals surface area contributed by atoms with Crippen LogP contribution in [0.2, 0.25) is 0 Å². The summed E-state index contributed by atoms with van der Waals surface area (Å²) in [5.41, 5.74) is 5.49. The third-order valence-electron chi connectivity index (χ3n) is 2.22. The number of halogens is 1. The minimum absolute atomic E-state index is 0.0380. The van der Waals surface area contributed by atoms with E-state index in [1.807, 2.05) is 4.90 Å². The molecule has 2 heterocycles. The Morgan fingerprint density at radius 1 is 1.64 bits per heavy atom. The number of nitrogens with two attached hydrogens (primary N) is 1. The van der Waals surface area contributed by atoms with Crippen molar-refractivity contribution in [2.75, 3.05) is 6.54 Å². The van der Waals surface area contributed by atoms with Crippen LogP contribution in [0.5, 0.6) is 0 Å². The van der Waals surface area contributed by atoms with Gasteiger partial charge in [0, 0.05) is 6.54 Å². The van der Waals surface area contributed by atoms with Gasteiger partial charge >= 0.3 is 0 Å². The summed E-state index contributed by atoms with van der Waals surface area (Å²) in [5, 5.41) is 0.480. The summed E-state index contributed by atoms with van der Waals surface area (Å²) in [5.74, 6) is 0.215. The first kappa shape index (κ1) is 9.45. The number of guanidine groups is 1. The molecule has 0 saturated heterocycles. The second kappa shape index (κ2) is 3.57. The molecule has 0 bridgehead atoms. The molecular weight excluding hydrogens is 202 g/mol. The number of aliphatic imine (C=N–C) groups is 3. The lowest BCUT2D eigenvalue weighted by Crippen LogP contribution is -2.44. The highest BCUT2D eigenvalue weighted by molar-refractivity contribution is 6.67. The second-order valence-corrected chi connectivity index (χ2v) is 3.67. The van der Waals surface area contributed by atoms with Crippen molar-refractivity contribution in [3.63, 3.8) is 0 Å². The van der Waals surface area contributed by atoms with Crippen LogP contribution in [0.4, 0.5) is 0 Å². The van der Waals surface area contributed by atoms with Gasteiger partial charge in [-0.25, -0.2) is 15.0 Å². The Labute approximate surface area is 87.4 Å². The van der Waals surface area contributed by atoms with Gasteiger partial charge < -0.3 is 10.6 Å². The van der Waals surface area contributed by atoms with Crippen molar-refractivity contribution in [1.82, 2.24) is 4.90 Å². The molecule has 5 nitrogen and oxygen atoms in total. The van der Waals surface area contributed by atoms with Crippen LogP contribution >= 0.6 is 11.6 Å². The van der Waals surface area contributed by atoms with E-state index in [4.69, 9.17) is 17.3 Å². The Bertz CT molecular complexity index is 322. The van der Waals surface area contributed by atoms with E-state index in [1.54, 1.807) is 6.34 Å². The molecule has 2 unspecified atom stereocenters. The zero-order chi connectivity index (χ0) is 10.1. The number of fused-ring (bicyclic) bond motifs is 1. The van der Waals surface area contributed by atoms with E-state index < -0.39 is 0 Å². The summed E-state index contributed by atoms with van der Waals surface area (Å²) in [6.45, 7) is 3.01. The summed E-state index contributed by atoms with van der Waals surface area (Å²) < 4.78 is 0. The largest absolute Gasteiger partial charge is 0.368 e. The molecule has 2 aliphatic heterocycles. The summed E-state index contributed by atoms with van der Waals surface area (Å²) >= 11 is 6.01. The average Bonchev–Trinajstić information content (AvgIpc) is 2.49. The molecule has 0 amide bonds. The molecule has 0 aromatic rings. The quantitative estimate of drug-likeness (QED) is 0.722. The predicted molar refractivity (Wildman–Crippen MR) is 58.0 cm³/mol. The summed E-state index contributed by atoms with van der Waals surface area (Å²) in [4.78, 5) is 14.3. The average molecular weight is 214 g/mol. The van der Waals surface area contributed by atoms with Crippen molar-refractivity contribution in [3.05, 3.63) is 0 Å². The molecule has 2 atom stereocenters. The van der Waals surface area contributed by atoms with Crippen LogP contribution in [0.1, 0.15) is 13.3 Å². The third kappa shape index (κ3) is 1.48. The Kier molecular flexibility index (Phi) is 2.41. The molecular formula is C8H12ClN5. The van der Waals surface area contributed by atoms with Crippen molar-refractivity contribution in [3.8, 4) is 0 Å². The molecule has 0 fully saturated rings. The van der Waals surface area contributed by atoms with E-state index in [-0.39, 0.29) is 18.2 Å². The fraction of sp³-hybridized carbons (Fsp3) is 0.625. The third-order valence-corrected chi connectivity index (χ3v) is 2.53. The first-order valence-corrected chi connectivity index (χ1v) is 4.96. The van der Waals surface area contributed by atoms with Crippen LogP contribution in [0.25, 0.3) is 0 Å². The highest BCUT2D eigenvalue weighted by Gasteiger charge is 2.36. The van der Waals surface area contributed by atoms with Gasteiger partial charge in [-0.15, -0.1) is 0 Å². The standard InChI is InChI=1S/C8H12ClN5/c1-2-3-14-4-11-7-5(14)6(9)12-8(10)13-7/h4-5,7H,2-3H2,1H3,(H2,10,13). The SMILES string of the molecule is CCCN1C=NC2N=C(N)N=C(Cl)C21. The molecule has 0 aliphatic carbocycles. The minimum atomic E-state index is -0.202. The van der Waals surface area contributed by atoms with Gasteiger partial charge in [-0.05, 0) is 6.42 Å². The summed E-state index contributed by atoms with van der Waals surface area (Å²) in [7, 11) is 0. The van der Waals surface area contributed by atoms with E-state index in [0.29, 0.717) is 5.17 Å². The zero-order valence-electron chi connectivity index (χ0n) is 7.89. The van der Waals surface area contributed by atoms with Crippen LogP contribution in [0, 0.1) is 0 Å². The molecule has 0 spiro atoms. The monoisotopic (exact) mass is 213 g/mol. The van der Waals surface area contributed by atoms with Gasteiger partial charge in [0.25, 0.3) is 0 Å². The predicted octanol–water partition coefficient (Wildman–Crippen LogP) is 0.401. The fourth-order valence-electron chi connectivity index (χ4n) is 1.64. The second-order valence-electron chi connectivity index (χ2n) is 3.28. The molecule has 0 saturated carbocycles. The normalized spacial score (nSPS) is 30.0. The zero-order valence-corrected chi connectivity index (χ0v) is 8.65. The molecule has 76 valence electrons. The highest BCUT2D eigenvalue weighted by atomic mass is 35.5. The fourth-order valence-corrected chi connectivity index (χ4v) is 1.96. The van der Waals surface area contributed by atoms with Crippen molar-refractivity contribution >= 4 is 29.1 Å². The van der Waals surface area contributed by atoms with Gasteiger partial charge in [0.1, 0.15) is 11.2 Å². The molecule has 2 N–H and O–H groups in total. The van der Waals surface area contributed by atoms with E-state index in [9.17, 15) is 0 Å². The van der Waals surface area contributed by atoms with Gasteiger partial charge in [-0.3, -0.25) is 0 Å². The van der Waals surface area contributed by atoms with Gasteiger partial charge in [-0.1, -0.05) is 18.5 Å².